The van der Waals surface area contributed by atoms with Crippen LogP contribution in [0, 0.1) is 5.82 Å². The van der Waals surface area contributed by atoms with Gasteiger partial charge in [0.15, 0.2) is 0 Å². The quantitative estimate of drug-likeness (QED) is 0.506. The normalized spacial score (nSPS) is 13.9. The maximum atomic E-state index is 12.5. The highest BCUT2D eigenvalue weighted by atomic mass is 35.5. The zero-order valence-corrected chi connectivity index (χ0v) is 6.66. The number of hydrogen-bond acceptors (Lipinski definition) is 1. The summed E-state index contributed by atoms with van der Waals surface area (Å²) >= 11 is 0. The van der Waals surface area contributed by atoms with E-state index in [2.05, 4.69) is 5.32 Å². The van der Waals surface area contributed by atoms with E-state index in [1.807, 2.05) is 6.07 Å². The lowest BCUT2D eigenvalue weighted by Crippen LogP contribution is -3.00. The van der Waals surface area contributed by atoms with E-state index >= 15 is 0 Å². The van der Waals surface area contributed by atoms with Crippen molar-refractivity contribution in [2.75, 3.05) is 0 Å². The minimum Gasteiger partial charge on any atom is -1.00 e. The summed E-state index contributed by atoms with van der Waals surface area (Å²) in [6.45, 7) is 1.70. The molecule has 0 aromatic heterocycles. The van der Waals surface area contributed by atoms with Crippen molar-refractivity contribution in [1.29, 1.82) is 0 Å². The highest BCUT2D eigenvalue weighted by Crippen LogP contribution is 2.15. The van der Waals surface area contributed by atoms with Crippen LogP contribution < -0.4 is 17.7 Å². The Hall–Kier alpha value is -0.600. The molecule has 1 aromatic carbocycles. The van der Waals surface area contributed by atoms with Gasteiger partial charge in [-0.2, -0.15) is 0 Å². The van der Waals surface area contributed by atoms with Crippen LogP contribution in [0.1, 0.15) is 12.6 Å². The molecule has 0 fully saturated rings. The fourth-order valence-electron chi connectivity index (χ4n) is 1.26. The molecule has 3 heteroatoms. The molecule has 1 nitrogen and oxygen atoms in total. The van der Waals surface area contributed by atoms with E-state index in [-0.39, 0.29) is 19.7 Å². The van der Waals surface area contributed by atoms with Gasteiger partial charge in [-0.3, -0.25) is 0 Å². The van der Waals surface area contributed by atoms with Gasteiger partial charge in [0.25, 0.3) is 0 Å². The molecule has 0 saturated heterocycles. The Labute approximate surface area is 72.5 Å². The Morgan fingerprint density at radius 3 is 2.82 bits per heavy atom. The van der Waals surface area contributed by atoms with Crippen molar-refractivity contribution in [2.24, 2.45) is 0 Å². The third-order valence-electron chi connectivity index (χ3n) is 1.80. The first-order valence-corrected chi connectivity index (χ1v) is 3.34. The van der Waals surface area contributed by atoms with Gasteiger partial charge in [-0.1, -0.05) is 6.07 Å². The Morgan fingerprint density at radius 2 is 2.00 bits per heavy atom. The van der Waals surface area contributed by atoms with Crippen molar-refractivity contribution in [2.45, 2.75) is 13.1 Å². The molecule has 0 spiro atoms. The lowest BCUT2D eigenvalue weighted by Gasteiger charge is -1.94. The van der Waals surface area contributed by atoms with Gasteiger partial charge >= 0.3 is 1.43 Å². The zero-order chi connectivity index (χ0) is 6.97. The molecule has 0 atom stereocenters. The van der Waals surface area contributed by atoms with Crippen molar-refractivity contribution >= 4 is 0 Å². The monoisotopic (exact) mass is 173 g/mol. The van der Waals surface area contributed by atoms with E-state index in [0.717, 1.165) is 18.7 Å². The van der Waals surface area contributed by atoms with Crippen molar-refractivity contribution in [1.82, 2.24) is 5.32 Å². The van der Waals surface area contributed by atoms with Crippen LogP contribution in [0.25, 0.3) is 0 Å². The fourth-order valence-corrected chi connectivity index (χ4v) is 1.26. The summed E-state index contributed by atoms with van der Waals surface area (Å²) in [5.41, 5.74) is 2.32. The van der Waals surface area contributed by atoms with E-state index in [9.17, 15) is 4.39 Å². The zero-order valence-electron chi connectivity index (χ0n) is 6.90. The summed E-state index contributed by atoms with van der Waals surface area (Å²) in [5.74, 6) is -0.137. The highest BCUT2D eigenvalue weighted by Gasteiger charge is 2.08. The number of fused-ring (bicyclic) bond motifs is 1. The Kier molecular flexibility index (Phi) is 2.47. The first-order chi connectivity index (χ1) is 4.86. The maximum Gasteiger partial charge on any atom is 1.00 e. The second kappa shape index (κ2) is 3.20. The van der Waals surface area contributed by atoms with Crippen molar-refractivity contribution in [3.63, 3.8) is 0 Å². The van der Waals surface area contributed by atoms with Crippen LogP contribution >= 0.6 is 0 Å². The van der Waals surface area contributed by atoms with Gasteiger partial charge in [-0.05, 0) is 23.3 Å². The van der Waals surface area contributed by atoms with Crippen LogP contribution in [0.5, 0.6) is 0 Å². The van der Waals surface area contributed by atoms with Crippen LogP contribution in [0.4, 0.5) is 4.39 Å². The Balaban J connectivity index is 0.000000605. The molecule has 1 aliphatic heterocycles. The van der Waals surface area contributed by atoms with Gasteiger partial charge in [0, 0.05) is 13.1 Å². The molecule has 60 valence electrons. The van der Waals surface area contributed by atoms with Gasteiger partial charge < -0.3 is 17.7 Å². The first-order valence-electron chi connectivity index (χ1n) is 3.34. The molecule has 0 aliphatic carbocycles. The Bertz CT molecular complexity index is 267. The van der Waals surface area contributed by atoms with Gasteiger partial charge in [0.05, 0.1) is 0 Å². The molecule has 1 aromatic rings. The molecule has 0 unspecified atom stereocenters. The third-order valence-corrected chi connectivity index (χ3v) is 1.80. The van der Waals surface area contributed by atoms with Crippen LogP contribution in [0.3, 0.4) is 0 Å². The standard InChI is InChI=1S/C8H8FN.ClH/c9-8-2-1-6-4-10-5-7(6)3-8;/h1-3,10H,4-5H2;1H. The summed E-state index contributed by atoms with van der Waals surface area (Å²) in [7, 11) is 0. The predicted molar refractivity (Wildman–Crippen MR) is 38.1 cm³/mol. The SMILES string of the molecule is Fc1ccc2c(c1)CNC2.[Cl-].[H+]. The summed E-state index contributed by atoms with van der Waals surface area (Å²) in [4.78, 5) is 0. The average molecular weight is 174 g/mol. The largest absolute Gasteiger partial charge is 1.00 e. The number of rotatable bonds is 0. The van der Waals surface area contributed by atoms with Gasteiger partial charge in [0.1, 0.15) is 5.82 Å². The van der Waals surface area contributed by atoms with Crippen LogP contribution in [-0.4, -0.2) is 0 Å². The van der Waals surface area contributed by atoms with Crippen LogP contribution in [-0.2, 0) is 13.1 Å². The molecule has 1 N–H and O–H groups in total. The molecule has 11 heavy (non-hydrogen) atoms. The number of halogens is 2. The van der Waals surface area contributed by atoms with Gasteiger partial charge in [0.2, 0.25) is 0 Å². The summed E-state index contributed by atoms with van der Waals surface area (Å²) in [5, 5.41) is 3.15. The van der Waals surface area contributed by atoms with E-state index < -0.39 is 0 Å². The second-order valence-electron chi connectivity index (χ2n) is 2.52. The highest BCUT2D eigenvalue weighted by molar-refractivity contribution is 5.30. The lowest BCUT2D eigenvalue weighted by atomic mass is 10.1. The van der Waals surface area contributed by atoms with Gasteiger partial charge in [-0.15, -0.1) is 0 Å². The van der Waals surface area contributed by atoms with Crippen molar-refractivity contribution in [3.05, 3.63) is 35.1 Å². The molecular weight excluding hydrogens is 165 g/mol. The molecule has 2 rings (SSSR count). The first kappa shape index (κ1) is 8.50. The number of hydrogen-bond donors (Lipinski definition) is 1. The van der Waals surface area contributed by atoms with E-state index in [1.54, 1.807) is 6.07 Å². The average Bonchev–Trinajstić information content (AvgIpc) is 2.33. The lowest BCUT2D eigenvalue weighted by molar-refractivity contribution is -0.00000267. The molecule has 0 amide bonds. The second-order valence-corrected chi connectivity index (χ2v) is 2.52. The molecule has 1 aliphatic rings. The van der Waals surface area contributed by atoms with Gasteiger partial charge in [-0.25, -0.2) is 4.39 Å². The minimum absolute atomic E-state index is 0. The van der Waals surface area contributed by atoms with Crippen LogP contribution in [0.15, 0.2) is 18.2 Å². The maximum absolute atomic E-state index is 12.5. The fraction of sp³-hybridized carbons (Fsp3) is 0.250. The van der Waals surface area contributed by atoms with E-state index in [4.69, 9.17) is 0 Å². The molecular formula is C8H9ClFN. The van der Waals surface area contributed by atoms with E-state index in [1.165, 1.54) is 11.6 Å². The van der Waals surface area contributed by atoms with Crippen molar-refractivity contribution < 1.29 is 18.2 Å². The molecule has 0 saturated carbocycles. The molecule has 0 radical (unpaired) electrons. The Morgan fingerprint density at radius 1 is 1.27 bits per heavy atom. The number of benzene rings is 1. The molecule has 0 bridgehead atoms. The summed E-state index contributed by atoms with van der Waals surface area (Å²) in [6, 6.07) is 4.94. The van der Waals surface area contributed by atoms with Crippen LogP contribution in [0.2, 0.25) is 0 Å². The predicted octanol–water partition coefficient (Wildman–Crippen LogP) is -1.45. The summed E-state index contributed by atoms with van der Waals surface area (Å²) in [6.07, 6.45) is 0. The minimum atomic E-state index is -0.137. The number of nitrogens with one attached hydrogen (secondary N) is 1. The third kappa shape index (κ3) is 1.52. The van der Waals surface area contributed by atoms with E-state index in [0.29, 0.717) is 0 Å². The smallest absolute Gasteiger partial charge is 1.00 e. The summed E-state index contributed by atoms with van der Waals surface area (Å²) < 4.78 is 12.5. The molecule has 1 heterocycles. The van der Waals surface area contributed by atoms with Crippen molar-refractivity contribution in [3.8, 4) is 0 Å². The topological polar surface area (TPSA) is 12.0 Å².